The molecule has 0 heterocycles. The van der Waals surface area contributed by atoms with Crippen molar-refractivity contribution in [1.29, 1.82) is 0 Å². The maximum atomic E-state index is 5.80. The Morgan fingerprint density at radius 1 is 1.00 bits per heavy atom. The normalized spacial score (nSPS) is 13.2. The Labute approximate surface area is 109 Å². The summed E-state index contributed by atoms with van der Waals surface area (Å²) >= 11 is 0. The maximum absolute atomic E-state index is 5.80. The van der Waals surface area contributed by atoms with Gasteiger partial charge in [0.25, 0.3) is 0 Å². The molecule has 1 unspecified atom stereocenters. The van der Waals surface area contributed by atoms with Crippen molar-refractivity contribution in [1.82, 2.24) is 5.32 Å². The third kappa shape index (κ3) is 10.8. The summed E-state index contributed by atoms with van der Waals surface area (Å²) in [6.45, 7) is 10.8. The van der Waals surface area contributed by atoms with Crippen LogP contribution in [-0.2, 0) is 4.74 Å². The minimum Gasteiger partial charge on any atom is -0.377 e. The van der Waals surface area contributed by atoms with Crippen LogP contribution in [0.2, 0.25) is 0 Å². The topological polar surface area (TPSA) is 21.3 Å². The molecule has 0 amide bonds. The zero-order valence-corrected chi connectivity index (χ0v) is 12.4. The summed E-state index contributed by atoms with van der Waals surface area (Å²) in [6, 6.07) is 0.665. The van der Waals surface area contributed by atoms with Gasteiger partial charge in [-0.2, -0.15) is 0 Å². The van der Waals surface area contributed by atoms with Gasteiger partial charge in [-0.15, -0.1) is 0 Å². The van der Waals surface area contributed by atoms with Crippen LogP contribution in [0.1, 0.15) is 72.6 Å². The molecule has 0 saturated carbocycles. The van der Waals surface area contributed by atoms with Crippen molar-refractivity contribution in [2.24, 2.45) is 0 Å². The molecule has 0 aliphatic carbocycles. The van der Waals surface area contributed by atoms with Crippen molar-refractivity contribution in [3.05, 3.63) is 0 Å². The number of hydrogen-bond acceptors (Lipinski definition) is 2. The molecule has 1 atom stereocenters. The molecule has 0 rings (SSSR count). The third-order valence-electron chi connectivity index (χ3n) is 3.39. The first-order chi connectivity index (χ1) is 8.24. The van der Waals surface area contributed by atoms with Gasteiger partial charge in [-0.25, -0.2) is 0 Å². The van der Waals surface area contributed by atoms with E-state index >= 15 is 0 Å². The first-order valence-electron chi connectivity index (χ1n) is 7.59. The molecule has 0 bridgehead atoms. The summed E-state index contributed by atoms with van der Waals surface area (Å²) in [6.07, 6.45) is 9.41. The molecule has 0 saturated heterocycles. The summed E-state index contributed by atoms with van der Waals surface area (Å²) in [5.41, 5.74) is 0. The lowest BCUT2D eigenvalue weighted by molar-refractivity contribution is 0.0590. The van der Waals surface area contributed by atoms with Gasteiger partial charge in [0.2, 0.25) is 0 Å². The van der Waals surface area contributed by atoms with E-state index < -0.39 is 0 Å². The fraction of sp³-hybridized carbons (Fsp3) is 1.00. The van der Waals surface area contributed by atoms with Crippen molar-refractivity contribution >= 4 is 0 Å². The van der Waals surface area contributed by atoms with E-state index in [0.29, 0.717) is 12.1 Å². The first kappa shape index (κ1) is 16.9. The standard InChI is InChI=1S/C15H33NO/c1-5-8-9-10-11-14(4)17-13-12-16-15(6-2)7-3/h14-16H,5-13H2,1-4H3. The molecule has 1 N–H and O–H groups in total. The van der Waals surface area contributed by atoms with Crippen LogP contribution in [0.15, 0.2) is 0 Å². The Balaban J connectivity index is 3.29. The van der Waals surface area contributed by atoms with Crippen molar-refractivity contribution in [3.63, 3.8) is 0 Å². The number of nitrogens with one attached hydrogen (secondary N) is 1. The zero-order chi connectivity index (χ0) is 12.9. The van der Waals surface area contributed by atoms with Crippen molar-refractivity contribution in [2.45, 2.75) is 84.8 Å². The number of rotatable bonds is 12. The van der Waals surface area contributed by atoms with Gasteiger partial charge in [0.05, 0.1) is 12.7 Å². The van der Waals surface area contributed by atoms with Gasteiger partial charge in [-0.1, -0.05) is 46.5 Å². The van der Waals surface area contributed by atoms with Gasteiger partial charge >= 0.3 is 0 Å². The average Bonchev–Trinajstić information content (AvgIpc) is 2.35. The van der Waals surface area contributed by atoms with Crippen molar-refractivity contribution in [3.8, 4) is 0 Å². The van der Waals surface area contributed by atoms with Gasteiger partial charge in [0.15, 0.2) is 0 Å². The van der Waals surface area contributed by atoms with E-state index in [2.05, 4.69) is 33.0 Å². The largest absolute Gasteiger partial charge is 0.377 e. The highest BCUT2D eigenvalue weighted by molar-refractivity contribution is 4.61. The van der Waals surface area contributed by atoms with Crippen molar-refractivity contribution < 1.29 is 4.74 Å². The fourth-order valence-corrected chi connectivity index (χ4v) is 2.04. The van der Waals surface area contributed by atoms with Crippen LogP contribution in [-0.4, -0.2) is 25.3 Å². The van der Waals surface area contributed by atoms with E-state index in [4.69, 9.17) is 4.74 Å². The lowest BCUT2D eigenvalue weighted by atomic mass is 10.1. The molecule has 2 nitrogen and oxygen atoms in total. The summed E-state index contributed by atoms with van der Waals surface area (Å²) in [5.74, 6) is 0. The molecule has 0 aromatic heterocycles. The lowest BCUT2D eigenvalue weighted by Gasteiger charge is -2.17. The van der Waals surface area contributed by atoms with E-state index in [1.807, 2.05) is 0 Å². The maximum Gasteiger partial charge on any atom is 0.0594 e. The van der Waals surface area contributed by atoms with Crippen molar-refractivity contribution in [2.75, 3.05) is 13.2 Å². The molecule has 0 fully saturated rings. The van der Waals surface area contributed by atoms with Gasteiger partial charge < -0.3 is 10.1 Å². The van der Waals surface area contributed by atoms with Gasteiger partial charge in [-0.3, -0.25) is 0 Å². The molecule has 0 aromatic carbocycles. The van der Waals surface area contributed by atoms with Gasteiger partial charge in [-0.05, 0) is 26.2 Å². The number of ether oxygens (including phenoxy) is 1. The molecule has 0 aliphatic heterocycles. The van der Waals surface area contributed by atoms with Crippen LogP contribution in [0.4, 0.5) is 0 Å². The Bertz CT molecular complexity index is 146. The van der Waals surface area contributed by atoms with E-state index in [-0.39, 0.29) is 0 Å². The highest BCUT2D eigenvalue weighted by Crippen LogP contribution is 2.07. The van der Waals surface area contributed by atoms with Crippen LogP contribution in [0.25, 0.3) is 0 Å². The highest BCUT2D eigenvalue weighted by Gasteiger charge is 2.03. The second kappa shape index (κ2) is 12.4. The summed E-state index contributed by atoms with van der Waals surface area (Å²) in [4.78, 5) is 0. The lowest BCUT2D eigenvalue weighted by Crippen LogP contribution is -2.31. The van der Waals surface area contributed by atoms with E-state index in [0.717, 1.165) is 13.2 Å². The molecular weight excluding hydrogens is 210 g/mol. The summed E-state index contributed by atoms with van der Waals surface area (Å²) < 4.78 is 5.80. The molecule has 0 aliphatic rings. The second-order valence-electron chi connectivity index (χ2n) is 5.00. The summed E-state index contributed by atoms with van der Waals surface area (Å²) in [5, 5.41) is 3.53. The minimum atomic E-state index is 0.426. The first-order valence-corrected chi connectivity index (χ1v) is 7.59. The Morgan fingerprint density at radius 3 is 2.29 bits per heavy atom. The van der Waals surface area contributed by atoms with Gasteiger partial charge in [0.1, 0.15) is 0 Å². The summed E-state index contributed by atoms with van der Waals surface area (Å²) in [7, 11) is 0. The molecule has 0 aromatic rings. The number of unbranched alkanes of at least 4 members (excludes halogenated alkanes) is 3. The van der Waals surface area contributed by atoms with Crippen LogP contribution in [0.5, 0.6) is 0 Å². The Kier molecular flexibility index (Phi) is 12.3. The van der Waals surface area contributed by atoms with Crippen LogP contribution >= 0.6 is 0 Å². The van der Waals surface area contributed by atoms with E-state index in [9.17, 15) is 0 Å². The second-order valence-corrected chi connectivity index (χ2v) is 5.00. The predicted molar refractivity (Wildman–Crippen MR) is 76.5 cm³/mol. The molecule has 0 spiro atoms. The number of hydrogen-bond donors (Lipinski definition) is 1. The predicted octanol–water partition coefficient (Wildman–Crippen LogP) is 4.14. The van der Waals surface area contributed by atoms with Crippen LogP contribution < -0.4 is 5.32 Å². The molecular formula is C15H33NO. The SMILES string of the molecule is CCCCCCC(C)OCCNC(CC)CC. The van der Waals surface area contributed by atoms with Crippen LogP contribution in [0, 0.1) is 0 Å². The van der Waals surface area contributed by atoms with E-state index in [1.165, 1.54) is 44.9 Å². The average molecular weight is 243 g/mol. The van der Waals surface area contributed by atoms with Crippen LogP contribution in [0.3, 0.4) is 0 Å². The molecule has 0 radical (unpaired) electrons. The molecule has 17 heavy (non-hydrogen) atoms. The zero-order valence-electron chi connectivity index (χ0n) is 12.4. The van der Waals surface area contributed by atoms with E-state index in [1.54, 1.807) is 0 Å². The molecule has 2 heteroatoms. The van der Waals surface area contributed by atoms with Gasteiger partial charge in [0, 0.05) is 12.6 Å². The smallest absolute Gasteiger partial charge is 0.0594 e. The minimum absolute atomic E-state index is 0.426. The molecule has 104 valence electrons. The quantitative estimate of drug-likeness (QED) is 0.520. The Morgan fingerprint density at radius 2 is 1.71 bits per heavy atom. The fourth-order valence-electron chi connectivity index (χ4n) is 2.04. The third-order valence-corrected chi connectivity index (χ3v) is 3.39. The highest BCUT2D eigenvalue weighted by atomic mass is 16.5. The monoisotopic (exact) mass is 243 g/mol. The Hall–Kier alpha value is -0.0800.